The Morgan fingerprint density at radius 2 is 1.80 bits per heavy atom. The zero-order valence-electron chi connectivity index (χ0n) is 18.3. The fraction of sp³-hybridized carbons (Fsp3) is 0.0833. The molecule has 8 nitrogen and oxygen atoms in total. The van der Waals surface area contributed by atoms with Gasteiger partial charge in [0.1, 0.15) is 0 Å². The number of aromatic amines is 1. The van der Waals surface area contributed by atoms with Crippen molar-refractivity contribution < 1.29 is 18.0 Å². The number of nitrogens with zero attached hydrogens (tertiary/aromatic N) is 4. The van der Waals surface area contributed by atoms with E-state index in [0.29, 0.717) is 22.6 Å². The highest BCUT2D eigenvalue weighted by Crippen LogP contribution is 2.35. The Kier molecular flexibility index (Phi) is 5.44. The van der Waals surface area contributed by atoms with Crippen LogP contribution in [-0.4, -0.2) is 31.0 Å². The summed E-state index contributed by atoms with van der Waals surface area (Å²) < 4.78 is 41.3. The Labute approximate surface area is 196 Å². The molecule has 2 aromatic carbocycles. The first-order valence-corrected chi connectivity index (χ1v) is 10.5. The summed E-state index contributed by atoms with van der Waals surface area (Å²) in [6.07, 6.45) is 0.741. The minimum absolute atomic E-state index is 0.331. The molecule has 0 spiro atoms. The summed E-state index contributed by atoms with van der Waals surface area (Å²) in [6, 6.07) is 12.8. The molecule has 0 bridgehead atoms. The van der Waals surface area contributed by atoms with E-state index in [9.17, 15) is 18.0 Å². The van der Waals surface area contributed by atoms with Gasteiger partial charge in [-0.3, -0.25) is 9.78 Å². The summed E-state index contributed by atoms with van der Waals surface area (Å²) in [7, 11) is 1.83. The van der Waals surface area contributed by atoms with Crippen LogP contribution in [0.1, 0.15) is 5.56 Å². The summed E-state index contributed by atoms with van der Waals surface area (Å²) in [5.41, 5.74) is 2.82. The van der Waals surface area contributed by atoms with E-state index in [1.807, 2.05) is 25.4 Å². The monoisotopic (exact) mass is 477 g/mol. The van der Waals surface area contributed by atoms with Crippen LogP contribution in [0.2, 0.25) is 0 Å². The zero-order valence-corrected chi connectivity index (χ0v) is 18.3. The lowest BCUT2D eigenvalue weighted by atomic mass is 10.1. The van der Waals surface area contributed by atoms with Gasteiger partial charge in [-0.1, -0.05) is 24.3 Å². The standard InChI is InChI=1S/C24H18F3N7O/c1-34-13-16(12-29-34)15-10-18-21(32-33-22(18)28-11-15)14-5-4-6-17(9-14)30-23(35)31-20-8-3-2-7-19(20)24(25,26)27/h2-13H,1H3,(H,28,32,33)(H2,30,31,35). The number of pyridine rings is 1. The van der Waals surface area contributed by atoms with Crippen LogP contribution in [-0.2, 0) is 13.2 Å². The van der Waals surface area contributed by atoms with Gasteiger partial charge in [0, 0.05) is 47.2 Å². The number of rotatable bonds is 4. The molecule has 0 aliphatic heterocycles. The third-order valence-electron chi connectivity index (χ3n) is 5.34. The summed E-state index contributed by atoms with van der Waals surface area (Å²) in [6.45, 7) is 0. The molecule has 0 fully saturated rings. The van der Waals surface area contributed by atoms with Crippen molar-refractivity contribution in [1.82, 2.24) is 25.0 Å². The van der Waals surface area contributed by atoms with Gasteiger partial charge in [0.2, 0.25) is 0 Å². The van der Waals surface area contributed by atoms with Gasteiger partial charge in [0.05, 0.1) is 23.1 Å². The topological polar surface area (TPSA) is 101 Å². The average Bonchev–Trinajstić information content (AvgIpc) is 3.44. The van der Waals surface area contributed by atoms with Gasteiger partial charge in [-0.25, -0.2) is 9.78 Å². The maximum absolute atomic E-state index is 13.2. The van der Waals surface area contributed by atoms with E-state index in [-0.39, 0.29) is 5.69 Å². The number of H-pyrrole nitrogens is 1. The maximum Gasteiger partial charge on any atom is 0.418 e. The summed E-state index contributed by atoms with van der Waals surface area (Å²) >= 11 is 0. The highest BCUT2D eigenvalue weighted by atomic mass is 19.4. The van der Waals surface area contributed by atoms with Gasteiger partial charge in [0.15, 0.2) is 5.65 Å². The number of amides is 2. The smallest absolute Gasteiger partial charge is 0.308 e. The lowest BCUT2D eigenvalue weighted by Gasteiger charge is -2.14. The van der Waals surface area contributed by atoms with E-state index in [1.54, 1.807) is 35.3 Å². The van der Waals surface area contributed by atoms with E-state index < -0.39 is 17.8 Å². The Morgan fingerprint density at radius 1 is 0.971 bits per heavy atom. The van der Waals surface area contributed by atoms with Crippen molar-refractivity contribution in [2.45, 2.75) is 6.18 Å². The molecule has 5 aromatic rings. The molecule has 0 unspecified atom stereocenters. The van der Waals surface area contributed by atoms with Crippen LogP contribution in [0.15, 0.2) is 73.2 Å². The third-order valence-corrected chi connectivity index (χ3v) is 5.34. The number of carbonyl (C=O) groups is 1. The number of fused-ring (bicyclic) bond motifs is 1. The highest BCUT2D eigenvalue weighted by Gasteiger charge is 2.33. The zero-order chi connectivity index (χ0) is 24.6. The summed E-state index contributed by atoms with van der Waals surface area (Å²) in [4.78, 5) is 16.9. The lowest BCUT2D eigenvalue weighted by molar-refractivity contribution is -0.136. The second-order valence-corrected chi connectivity index (χ2v) is 7.80. The van der Waals surface area contributed by atoms with Crippen LogP contribution >= 0.6 is 0 Å². The SMILES string of the molecule is Cn1cc(-c2cnc3n[nH]c(-c4cccc(NC(=O)Nc5ccccc5C(F)(F)F)c4)c3c2)cn1. The van der Waals surface area contributed by atoms with Gasteiger partial charge in [0.25, 0.3) is 0 Å². The van der Waals surface area contributed by atoms with E-state index >= 15 is 0 Å². The molecule has 0 saturated carbocycles. The fourth-order valence-electron chi connectivity index (χ4n) is 3.72. The molecule has 0 atom stereocenters. The van der Waals surface area contributed by atoms with Gasteiger partial charge < -0.3 is 10.6 Å². The number of urea groups is 1. The van der Waals surface area contributed by atoms with Gasteiger partial charge in [-0.05, 0) is 30.3 Å². The van der Waals surface area contributed by atoms with Crippen molar-refractivity contribution in [1.29, 1.82) is 0 Å². The number of alkyl halides is 3. The van der Waals surface area contributed by atoms with Gasteiger partial charge in [-0.15, -0.1) is 0 Å². The van der Waals surface area contributed by atoms with Crippen LogP contribution in [0.3, 0.4) is 0 Å². The Balaban J connectivity index is 1.40. The molecule has 0 aliphatic rings. The molecular weight excluding hydrogens is 459 g/mol. The molecule has 35 heavy (non-hydrogen) atoms. The van der Waals surface area contributed by atoms with E-state index in [0.717, 1.165) is 22.6 Å². The maximum atomic E-state index is 13.2. The second kappa shape index (κ2) is 8.60. The predicted molar refractivity (Wildman–Crippen MR) is 126 cm³/mol. The molecule has 0 radical (unpaired) electrons. The number of benzene rings is 2. The second-order valence-electron chi connectivity index (χ2n) is 7.80. The minimum Gasteiger partial charge on any atom is -0.308 e. The summed E-state index contributed by atoms with van der Waals surface area (Å²) in [5.74, 6) is 0. The molecule has 11 heteroatoms. The van der Waals surface area contributed by atoms with Crippen molar-refractivity contribution >= 4 is 28.4 Å². The molecule has 5 rings (SSSR count). The predicted octanol–water partition coefficient (Wildman–Crippen LogP) is 5.69. The van der Waals surface area contributed by atoms with Crippen molar-refractivity contribution in [3.63, 3.8) is 0 Å². The third kappa shape index (κ3) is 4.56. The van der Waals surface area contributed by atoms with Crippen LogP contribution < -0.4 is 10.6 Å². The van der Waals surface area contributed by atoms with E-state index in [4.69, 9.17) is 0 Å². The fourth-order valence-corrected chi connectivity index (χ4v) is 3.72. The Hall–Kier alpha value is -4.67. The van der Waals surface area contributed by atoms with E-state index in [1.165, 1.54) is 18.2 Å². The minimum atomic E-state index is -4.59. The van der Waals surface area contributed by atoms with Crippen LogP contribution in [0.4, 0.5) is 29.3 Å². The molecule has 3 N–H and O–H groups in total. The molecular formula is C24H18F3N7O. The van der Waals surface area contributed by atoms with Crippen molar-refractivity contribution in [2.75, 3.05) is 10.6 Å². The van der Waals surface area contributed by atoms with Crippen molar-refractivity contribution in [2.24, 2.45) is 7.05 Å². The Bertz CT molecular complexity index is 1540. The largest absolute Gasteiger partial charge is 0.418 e. The highest BCUT2D eigenvalue weighted by molar-refractivity contribution is 6.01. The number of para-hydroxylation sites is 1. The van der Waals surface area contributed by atoms with Crippen LogP contribution in [0, 0.1) is 0 Å². The molecule has 0 aliphatic carbocycles. The van der Waals surface area contributed by atoms with Crippen LogP contribution in [0.5, 0.6) is 0 Å². The van der Waals surface area contributed by atoms with Crippen molar-refractivity contribution in [3.05, 3.63) is 78.8 Å². The molecule has 3 aromatic heterocycles. The van der Waals surface area contributed by atoms with Crippen LogP contribution in [0.25, 0.3) is 33.4 Å². The molecule has 3 heterocycles. The number of aromatic nitrogens is 5. The number of carbonyl (C=O) groups excluding carboxylic acids is 1. The average molecular weight is 477 g/mol. The van der Waals surface area contributed by atoms with Gasteiger partial charge >= 0.3 is 12.2 Å². The first kappa shape index (κ1) is 22.1. The summed E-state index contributed by atoms with van der Waals surface area (Å²) in [5, 5.41) is 17.0. The van der Waals surface area contributed by atoms with E-state index in [2.05, 4.69) is 30.9 Å². The first-order valence-electron chi connectivity index (χ1n) is 10.5. The lowest BCUT2D eigenvalue weighted by Crippen LogP contribution is -2.21. The number of nitrogens with one attached hydrogen (secondary N) is 3. The number of hydrogen-bond donors (Lipinski definition) is 3. The molecule has 2 amide bonds. The molecule has 0 saturated heterocycles. The molecule has 176 valence electrons. The number of halogens is 3. The number of anilines is 2. The quantitative estimate of drug-likeness (QED) is 0.310. The Morgan fingerprint density at radius 3 is 2.57 bits per heavy atom. The first-order chi connectivity index (χ1) is 16.8. The number of aryl methyl sites for hydroxylation is 1. The number of hydrogen-bond acceptors (Lipinski definition) is 4. The normalized spacial score (nSPS) is 11.5. The van der Waals surface area contributed by atoms with Gasteiger partial charge in [-0.2, -0.15) is 23.4 Å². The van der Waals surface area contributed by atoms with Crippen molar-refractivity contribution in [3.8, 4) is 22.4 Å².